The molecule has 24 heavy (non-hydrogen) atoms. The average molecular weight is 331 g/mol. The summed E-state index contributed by atoms with van der Waals surface area (Å²) in [6, 6.07) is 16.6. The van der Waals surface area contributed by atoms with Crippen molar-refractivity contribution in [1.29, 1.82) is 0 Å². The fourth-order valence-corrected chi connectivity index (χ4v) is 2.23. The number of rotatable bonds is 9. The highest BCUT2D eigenvalue weighted by Gasteiger charge is 2.15. The second-order valence-electron chi connectivity index (χ2n) is 5.53. The second kappa shape index (κ2) is 9.00. The summed E-state index contributed by atoms with van der Waals surface area (Å²) in [5.41, 5.74) is 1.55. The van der Waals surface area contributed by atoms with Gasteiger partial charge >= 0.3 is 0 Å². The Morgan fingerprint density at radius 2 is 1.92 bits per heavy atom. The molecule has 0 aromatic heterocycles. The fourth-order valence-electron chi connectivity index (χ4n) is 2.23. The minimum atomic E-state index is -1.15. The van der Waals surface area contributed by atoms with Crippen LogP contribution < -0.4 is 4.74 Å². The van der Waals surface area contributed by atoms with Crippen molar-refractivity contribution >= 4 is 0 Å². The Bertz CT molecular complexity index is 647. The van der Waals surface area contributed by atoms with Crippen molar-refractivity contribution < 1.29 is 19.5 Å². The van der Waals surface area contributed by atoms with E-state index in [0.29, 0.717) is 24.5 Å². The summed E-state index contributed by atoms with van der Waals surface area (Å²) in [4.78, 5) is 9.94. The molecule has 2 aromatic rings. The zero-order chi connectivity index (χ0) is 17.4. The summed E-state index contributed by atoms with van der Waals surface area (Å²) in [7, 11) is 0. The minimum absolute atomic E-state index is 0.184. The summed E-state index contributed by atoms with van der Waals surface area (Å²) < 4.78 is 11.4. The van der Waals surface area contributed by atoms with E-state index in [9.17, 15) is 15.2 Å². The van der Waals surface area contributed by atoms with Gasteiger partial charge < -0.3 is 14.6 Å². The number of ether oxygens (including phenoxy) is 2. The first-order valence-electron chi connectivity index (χ1n) is 7.72. The van der Waals surface area contributed by atoms with Crippen LogP contribution in [-0.4, -0.2) is 29.3 Å². The van der Waals surface area contributed by atoms with Gasteiger partial charge in [-0.05, 0) is 30.2 Å². The van der Waals surface area contributed by atoms with Crippen LogP contribution >= 0.6 is 0 Å². The van der Waals surface area contributed by atoms with E-state index in [-0.39, 0.29) is 6.10 Å². The van der Waals surface area contributed by atoms with Gasteiger partial charge in [-0.2, -0.15) is 0 Å². The SMILES string of the molecule is C[C@@H](COCc1ccccc1)Oc1cccc([C@H](O)C[N+](=O)[O-])c1. The monoisotopic (exact) mass is 331 g/mol. The zero-order valence-corrected chi connectivity index (χ0v) is 13.5. The summed E-state index contributed by atoms with van der Waals surface area (Å²) in [6.07, 6.45) is -1.33. The molecule has 2 rings (SSSR count). The number of aliphatic hydroxyl groups excluding tert-OH is 1. The molecule has 0 spiro atoms. The maximum atomic E-state index is 10.5. The number of nitrogens with zero attached hydrogens (tertiary/aromatic N) is 1. The van der Waals surface area contributed by atoms with E-state index in [0.717, 1.165) is 5.56 Å². The van der Waals surface area contributed by atoms with E-state index in [4.69, 9.17) is 9.47 Å². The second-order valence-corrected chi connectivity index (χ2v) is 5.53. The third-order valence-electron chi connectivity index (χ3n) is 3.37. The predicted molar refractivity (Wildman–Crippen MR) is 89.5 cm³/mol. The third-order valence-corrected chi connectivity index (χ3v) is 3.37. The van der Waals surface area contributed by atoms with Crippen LogP contribution in [0, 0.1) is 10.1 Å². The molecule has 0 unspecified atom stereocenters. The molecule has 0 aliphatic carbocycles. The predicted octanol–water partition coefficient (Wildman–Crippen LogP) is 2.98. The lowest BCUT2D eigenvalue weighted by atomic mass is 10.1. The average Bonchev–Trinajstić information content (AvgIpc) is 2.55. The molecule has 2 aromatic carbocycles. The maximum Gasteiger partial charge on any atom is 0.233 e. The number of hydrogen-bond acceptors (Lipinski definition) is 5. The van der Waals surface area contributed by atoms with Gasteiger partial charge in [0.25, 0.3) is 0 Å². The first kappa shape index (κ1) is 17.9. The molecule has 1 N–H and O–H groups in total. The summed E-state index contributed by atoms with van der Waals surface area (Å²) in [5, 5.41) is 20.3. The van der Waals surface area contributed by atoms with Crippen LogP contribution in [0.2, 0.25) is 0 Å². The van der Waals surface area contributed by atoms with Crippen molar-refractivity contribution in [2.75, 3.05) is 13.2 Å². The number of benzene rings is 2. The van der Waals surface area contributed by atoms with Crippen LogP contribution in [0.25, 0.3) is 0 Å². The molecule has 0 bridgehead atoms. The molecule has 2 atom stereocenters. The van der Waals surface area contributed by atoms with E-state index in [1.165, 1.54) is 0 Å². The van der Waals surface area contributed by atoms with Crippen molar-refractivity contribution in [2.45, 2.75) is 25.7 Å². The van der Waals surface area contributed by atoms with Gasteiger partial charge in [-0.3, -0.25) is 10.1 Å². The van der Waals surface area contributed by atoms with E-state index in [2.05, 4.69) is 0 Å². The van der Waals surface area contributed by atoms with Gasteiger partial charge in [0.2, 0.25) is 6.54 Å². The highest BCUT2D eigenvalue weighted by atomic mass is 16.6. The quantitative estimate of drug-likeness (QED) is 0.564. The molecule has 0 saturated carbocycles. The summed E-state index contributed by atoms with van der Waals surface area (Å²) >= 11 is 0. The van der Waals surface area contributed by atoms with Crippen molar-refractivity contribution in [3.8, 4) is 5.75 Å². The Morgan fingerprint density at radius 3 is 2.62 bits per heavy atom. The van der Waals surface area contributed by atoms with Gasteiger partial charge in [-0.15, -0.1) is 0 Å². The van der Waals surface area contributed by atoms with Crippen molar-refractivity contribution in [3.05, 3.63) is 75.8 Å². The molecule has 0 heterocycles. The zero-order valence-electron chi connectivity index (χ0n) is 13.5. The van der Waals surface area contributed by atoms with Crippen LogP contribution in [0.1, 0.15) is 24.2 Å². The normalized spacial score (nSPS) is 13.2. The van der Waals surface area contributed by atoms with Gasteiger partial charge in [0.05, 0.1) is 13.2 Å². The van der Waals surface area contributed by atoms with Crippen molar-refractivity contribution in [3.63, 3.8) is 0 Å². The highest BCUT2D eigenvalue weighted by molar-refractivity contribution is 5.30. The molecule has 0 radical (unpaired) electrons. The number of hydrogen-bond donors (Lipinski definition) is 1. The third kappa shape index (κ3) is 5.98. The Morgan fingerprint density at radius 1 is 1.17 bits per heavy atom. The van der Waals surface area contributed by atoms with E-state index >= 15 is 0 Å². The standard InChI is InChI=1S/C18H21NO5/c1-14(12-23-13-15-6-3-2-4-7-15)24-17-9-5-8-16(10-17)18(20)11-19(21)22/h2-10,14,18,20H,11-13H2,1H3/t14-,18+/m0/s1. The van der Waals surface area contributed by atoms with E-state index in [1.807, 2.05) is 37.3 Å². The van der Waals surface area contributed by atoms with Crippen molar-refractivity contribution in [2.24, 2.45) is 0 Å². The Hall–Kier alpha value is -2.44. The van der Waals surface area contributed by atoms with Gasteiger partial charge in [-0.1, -0.05) is 42.5 Å². The highest BCUT2D eigenvalue weighted by Crippen LogP contribution is 2.20. The maximum absolute atomic E-state index is 10.5. The molecular weight excluding hydrogens is 310 g/mol. The van der Waals surface area contributed by atoms with Gasteiger partial charge in [0.15, 0.2) is 0 Å². The largest absolute Gasteiger partial charge is 0.488 e. The Kier molecular flexibility index (Phi) is 6.72. The minimum Gasteiger partial charge on any atom is -0.488 e. The van der Waals surface area contributed by atoms with Gasteiger partial charge in [0.1, 0.15) is 18.0 Å². The molecule has 128 valence electrons. The fraction of sp³-hybridized carbons (Fsp3) is 0.333. The first-order valence-corrected chi connectivity index (χ1v) is 7.72. The molecule has 0 aliphatic heterocycles. The van der Waals surface area contributed by atoms with E-state index < -0.39 is 17.6 Å². The Labute approximate surface area is 140 Å². The summed E-state index contributed by atoms with van der Waals surface area (Å²) in [5.74, 6) is 0.547. The van der Waals surface area contributed by atoms with Crippen LogP contribution in [0.15, 0.2) is 54.6 Å². The summed E-state index contributed by atoms with van der Waals surface area (Å²) in [6.45, 7) is 2.27. The van der Waals surface area contributed by atoms with Gasteiger partial charge in [0, 0.05) is 4.92 Å². The molecule has 0 aliphatic rings. The lowest BCUT2D eigenvalue weighted by molar-refractivity contribution is -0.491. The lowest BCUT2D eigenvalue weighted by Gasteiger charge is -2.16. The molecule has 6 heteroatoms. The first-order chi connectivity index (χ1) is 11.5. The number of nitro groups is 1. The van der Waals surface area contributed by atoms with Crippen molar-refractivity contribution in [1.82, 2.24) is 0 Å². The molecule has 0 amide bonds. The number of aliphatic hydroxyl groups is 1. The van der Waals surface area contributed by atoms with Crippen LogP contribution in [0.5, 0.6) is 5.75 Å². The van der Waals surface area contributed by atoms with Crippen LogP contribution in [-0.2, 0) is 11.3 Å². The van der Waals surface area contributed by atoms with Crippen LogP contribution in [0.3, 0.4) is 0 Å². The molecule has 0 fully saturated rings. The molecule has 0 saturated heterocycles. The van der Waals surface area contributed by atoms with Crippen LogP contribution in [0.4, 0.5) is 0 Å². The topological polar surface area (TPSA) is 81.8 Å². The molecule has 6 nitrogen and oxygen atoms in total. The smallest absolute Gasteiger partial charge is 0.233 e. The Balaban J connectivity index is 1.82. The van der Waals surface area contributed by atoms with E-state index in [1.54, 1.807) is 24.3 Å². The lowest BCUT2D eigenvalue weighted by Crippen LogP contribution is -2.19. The van der Waals surface area contributed by atoms with Gasteiger partial charge in [-0.25, -0.2) is 0 Å². The molecular formula is C18H21NO5.